The molecule has 0 amide bonds. The second kappa shape index (κ2) is 10.5. The fraction of sp³-hybridized carbons (Fsp3) is 0.257. The van der Waals surface area contributed by atoms with E-state index in [1.807, 2.05) is 96.1 Å². The molecule has 0 aliphatic carbocycles. The second-order valence-corrected chi connectivity index (χ2v) is 12.1. The fourth-order valence-corrected chi connectivity index (χ4v) is 5.74. The van der Waals surface area contributed by atoms with E-state index in [2.05, 4.69) is 45.0 Å². The summed E-state index contributed by atoms with van der Waals surface area (Å²) in [5.74, 6) is -1.05. The van der Waals surface area contributed by atoms with Crippen molar-refractivity contribution in [2.24, 2.45) is 14.1 Å². The van der Waals surface area contributed by atoms with Crippen molar-refractivity contribution in [3.63, 3.8) is 0 Å². The highest BCUT2D eigenvalue weighted by Gasteiger charge is 2.33. The molecule has 218 valence electrons. The quantitative estimate of drug-likeness (QED) is 0.223. The number of aliphatic carboxylic acids is 1. The average molecular weight is 574 g/mol. The zero-order chi connectivity index (χ0) is 30.6. The topological polar surface area (TPSA) is 95.1 Å². The first-order valence-electron chi connectivity index (χ1n) is 14.3. The van der Waals surface area contributed by atoms with E-state index in [0.717, 1.165) is 61.1 Å². The van der Waals surface area contributed by atoms with Crippen molar-refractivity contribution >= 4 is 27.9 Å². The molecule has 0 saturated heterocycles. The molecule has 8 heteroatoms. The summed E-state index contributed by atoms with van der Waals surface area (Å²) in [6, 6.07) is 20.5. The van der Waals surface area contributed by atoms with Crippen molar-refractivity contribution in [2.75, 3.05) is 0 Å². The molecule has 0 unspecified atom stereocenters. The van der Waals surface area contributed by atoms with Gasteiger partial charge in [-0.05, 0) is 70.5 Å². The molecule has 1 N–H and O–H groups in total. The van der Waals surface area contributed by atoms with E-state index in [-0.39, 0.29) is 0 Å². The third-order valence-electron chi connectivity index (χ3n) is 7.80. The Morgan fingerprint density at radius 3 is 2.35 bits per heavy atom. The number of fused-ring (bicyclic) bond motifs is 2. The van der Waals surface area contributed by atoms with Gasteiger partial charge in [0.2, 0.25) is 0 Å². The molecule has 0 aliphatic rings. The molecule has 4 aromatic heterocycles. The molecule has 4 heterocycles. The van der Waals surface area contributed by atoms with Gasteiger partial charge in [0.15, 0.2) is 6.10 Å². The maximum atomic E-state index is 12.7. The van der Waals surface area contributed by atoms with E-state index < -0.39 is 17.7 Å². The minimum absolute atomic E-state index is 0.566. The average Bonchev–Trinajstić information content (AvgIpc) is 3.50. The highest BCUT2D eigenvalue weighted by atomic mass is 16.5. The van der Waals surface area contributed by atoms with Crippen LogP contribution in [0.15, 0.2) is 73.1 Å². The van der Waals surface area contributed by atoms with Crippen molar-refractivity contribution in [3.05, 3.63) is 89.9 Å². The van der Waals surface area contributed by atoms with Crippen LogP contribution in [0.3, 0.4) is 0 Å². The summed E-state index contributed by atoms with van der Waals surface area (Å²) < 4.78 is 10.1. The van der Waals surface area contributed by atoms with Crippen molar-refractivity contribution in [1.82, 2.24) is 24.3 Å². The normalized spacial score (nSPS) is 12.7. The number of aryl methyl sites for hydroxylation is 4. The predicted octanol–water partition coefficient (Wildman–Crippen LogP) is 7.41. The van der Waals surface area contributed by atoms with Gasteiger partial charge in [0.1, 0.15) is 5.65 Å². The Balaban J connectivity index is 1.57. The molecule has 6 rings (SSSR count). The van der Waals surface area contributed by atoms with Gasteiger partial charge in [0, 0.05) is 59.0 Å². The van der Waals surface area contributed by atoms with E-state index in [4.69, 9.17) is 9.72 Å². The molecule has 43 heavy (non-hydrogen) atoms. The first kappa shape index (κ1) is 28.3. The lowest BCUT2D eigenvalue weighted by atomic mass is 9.91. The van der Waals surface area contributed by atoms with E-state index in [0.29, 0.717) is 11.3 Å². The van der Waals surface area contributed by atoms with Gasteiger partial charge in [-0.15, -0.1) is 0 Å². The van der Waals surface area contributed by atoms with Gasteiger partial charge in [-0.2, -0.15) is 5.10 Å². The smallest absolute Gasteiger partial charge is 0.337 e. The van der Waals surface area contributed by atoms with E-state index in [1.54, 1.807) is 0 Å². The third kappa shape index (κ3) is 5.19. The molecule has 0 fully saturated rings. The molecule has 1 atom stereocenters. The van der Waals surface area contributed by atoms with Gasteiger partial charge < -0.3 is 14.4 Å². The first-order valence-corrected chi connectivity index (χ1v) is 14.3. The summed E-state index contributed by atoms with van der Waals surface area (Å²) >= 11 is 0. The minimum Gasteiger partial charge on any atom is -0.479 e. The number of carboxylic acid groups (broad SMARTS) is 1. The first-order chi connectivity index (χ1) is 20.4. The Kier molecular flexibility index (Phi) is 6.89. The van der Waals surface area contributed by atoms with Crippen LogP contribution in [-0.2, 0) is 23.6 Å². The van der Waals surface area contributed by atoms with Crippen molar-refractivity contribution < 1.29 is 14.6 Å². The Bertz CT molecular complexity index is 2010. The predicted molar refractivity (Wildman–Crippen MR) is 170 cm³/mol. The number of aromatic nitrogens is 5. The number of carbonyl (C=O) groups is 1. The summed E-state index contributed by atoms with van der Waals surface area (Å²) in [6.07, 6.45) is 2.49. The maximum Gasteiger partial charge on any atom is 0.337 e. The summed E-state index contributed by atoms with van der Waals surface area (Å²) in [5, 5.41) is 16.7. The number of hydrogen-bond acceptors (Lipinski definition) is 5. The van der Waals surface area contributed by atoms with Gasteiger partial charge in [-0.1, -0.05) is 35.9 Å². The molecule has 0 saturated carbocycles. The minimum atomic E-state index is -1.19. The standard InChI is InChI=1S/C35H35N5O3/c1-20-8-10-22(11-9-20)31-26-18-29(39(6)33(26)38-21(2)30(31)32(34(41)42)43-35(3,4)5)24-14-15-36-27(17-24)23-12-13-28-25(16-23)19-37-40(28)7/h8-19,32H,1-7H3,(H,41,42)/t32-/m0/s1. The molecule has 0 radical (unpaired) electrons. The molecule has 2 aromatic carbocycles. The van der Waals surface area contributed by atoms with E-state index >= 15 is 0 Å². The zero-order valence-electron chi connectivity index (χ0n) is 25.5. The second-order valence-electron chi connectivity index (χ2n) is 12.1. The summed E-state index contributed by atoms with van der Waals surface area (Å²) in [7, 11) is 3.92. The lowest BCUT2D eigenvalue weighted by molar-refractivity contribution is -0.160. The number of ether oxygens (including phenoxy) is 1. The van der Waals surface area contributed by atoms with Crippen LogP contribution in [0.2, 0.25) is 0 Å². The highest BCUT2D eigenvalue weighted by molar-refractivity contribution is 6.00. The number of hydrogen-bond donors (Lipinski definition) is 1. The van der Waals surface area contributed by atoms with Gasteiger partial charge >= 0.3 is 5.97 Å². The maximum absolute atomic E-state index is 12.7. The summed E-state index contributed by atoms with van der Waals surface area (Å²) in [4.78, 5) is 22.3. The van der Waals surface area contributed by atoms with Crippen LogP contribution in [0.4, 0.5) is 0 Å². The Hall–Kier alpha value is -4.82. The van der Waals surface area contributed by atoms with Crippen molar-refractivity contribution in [1.29, 1.82) is 0 Å². The van der Waals surface area contributed by atoms with Crippen LogP contribution in [0.25, 0.3) is 55.6 Å². The van der Waals surface area contributed by atoms with Gasteiger partial charge in [0.25, 0.3) is 0 Å². The molecular formula is C35H35N5O3. The summed E-state index contributed by atoms with van der Waals surface area (Å²) in [5.41, 5.74) is 8.96. The molecule has 0 bridgehead atoms. The van der Waals surface area contributed by atoms with Gasteiger partial charge in [-0.25, -0.2) is 9.78 Å². The van der Waals surface area contributed by atoms with Crippen LogP contribution in [0.5, 0.6) is 0 Å². The van der Waals surface area contributed by atoms with Crippen LogP contribution < -0.4 is 0 Å². The Labute approximate surface area is 250 Å². The van der Waals surface area contributed by atoms with Crippen molar-refractivity contribution in [3.8, 4) is 33.6 Å². The monoisotopic (exact) mass is 573 g/mol. The molecule has 6 aromatic rings. The molecule has 0 aliphatic heterocycles. The largest absolute Gasteiger partial charge is 0.479 e. The number of rotatable bonds is 6. The van der Waals surface area contributed by atoms with E-state index in [1.165, 1.54) is 0 Å². The molecule has 0 spiro atoms. The van der Waals surface area contributed by atoms with Crippen molar-refractivity contribution in [2.45, 2.75) is 46.3 Å². The van der Waals surface area contributed by atoms with Crippen LogP contribution >= 0.6 is 0 Å². The lowest BCUT2D eigenvalue weighted by Crippen LogP contribution is -2.28. The zero-order valence-corrected chi connectivity index (χ0v) is 25.5. The lowest BCUT2D eigenvalue weighted by Gasteiger charge is -2.27. The van der Waals surface area contributed by atoms with Gasteiger partial charge in [-0.3, -0.25) is 9.67 Å². The van der Waals surface area contributed by atoms with Crippen LogP contribution in [0, 0.1) is 13.8 Å². The highest BCUT2D eigenvalue weighted by Crippen LogP contribution is 2.42. The fourth-order valence-electron chi connectivity index (χ4n) is 5.74. The SMILES string of the molecule is Cc1ccc(-c2c([C@H](OC(C)(C)C)C(=O)O)c(C)nc3c2cc(-c2ccnc(-c4ccc5c(cnn5C)c4)c2)n3C)cc1. The van der Waals surface area contributed by atoms with E-state index in [9.17, 15) is 9.90 Å². The number of benzene rings is 2. The molecule has 8 nitrogen and oxygen atoms in total. The third-order valence-corrected chi connectivity index (χ3v) is 7.80. The van der Waals surface area contributed by atoms with Crippen LogP contribution in [-0.4, -0.2) is 41.0 Å². The number of carboxylic acids is 1. The Morgan fingerprint density at radius 2 is 1.65 bits per heavy atom. The number of nitrogens with zero attached hydrogens (tertiary/aromatic N) is 5. The Morgan fingerprint density at radius 1 is 0.930 bits per heavy atom. The van der Waals surface area contributed by atoms with Gasteiger partial charge in [0.05, 0.1) is 28.7 Å². The van der Waals surface area contributed by atoms with Crippen LogP contribution in [0.1, 0.15) is 43.7 Å². The molecular weight excluding hydrogens is 538 g/mol. The summed E-state index contributed by atoms with van der Waals surface area (Å²) in [6.45, 7) is 9.49. The number of pyridine rings is 2.